The number of amides is 1. The van der Waals surface area contributed by atoms with Crippen LogP contribution in [-0.4, -0.2) is 23.7 Å². The molecule has 0 fully saturated rings. The van der Waals surface area contributed by atoms with Crippen molar-refractivity contribution >= 4 is 17.3 Å². The van der Waals surface area contributed by atoms with E-state index in [9.17, 15) is 4.79 Å². The fourth-order valence-corrected chi connectivity index (χ4v) is 2.88. The molecule has 2 aromatic rings. The molecule has 2 aromatic carbocycles. The number of hydrogen-bond acceptors (Lipinski definition) is 2. The maximum absolute atomic E-state index is 12.7. The number of rotatable bonds is 2. The quantitative estimate of drug-likeness (QED) is 0.831. The molecule has 3 heteroatoms. The number of benzodiazepines with no additional fused rings is 1. The number of anilines is 1. The zero-order chi connectivity index (χ0) is 15.7. The van der Waals surface area contributed by atoms with E-state index in [0.29, 0.717) is 0 Å². The molecule has 0 aromatic heterocycles. The first-order chi connectivity index (χ1) is 10.6. The third-order valence-corrected chi connectivity index (χ3v) is 3.90. The van der Waals surface area contributed by atoms with Crippen LogP contribution in [0.15, 0.2) is 59.6 Å². The maximum atomic E-state index is 12.7. The van der Waals surface area contributed by atoms with E-state index in [1.807, 2.05) is 80.3 Å². The summed E-state index contributed by atoms with van der Waals surface area (Å²) in [4.78, 5) is 19.3. The zero-order valence-electron chi connectivity index (χ0n) is 13.2. The fourth-order valence-electron chi connectivity index (χ4n) is 2.88. The van der Waals surface area contributed by atoms with E-state index < -0.39 is 0 Å². The van der Waals surface area contributed by atoms with Crippen molar-refractivity contribution in [3.63, 3.8) is 0 Å². The summed E-state index contributed by atoms with van der Waals surface area (Å²) < 4.78 is 0. The molecule has 1 aliphatic rings. The number of aliphatic imine (C=N–C) groups is 1. The van der Waals surface area contributed by atoms with E-state index >= 15 is 0 Å². The average Bonchev–Trinajstić information content (AvgIpc) is 2.64. The lowest BCUT2D eigenvalue weighted by atomic mass is 10.00. The van der Waals surface area contributed by atoms with Crippen molar-refractivity contribution in [1.29, 1.82) is 0 Å². The lowest BCUT2D eigenvalue weighted by molar-refractivity contribution is -0.119. The van der Waals surface area contributed by atoms with Crippen molar-refractivity contribution in [2.75, 3.05) is 4.90 Å². The molecule has 3 rings (SSSR count). The second-order valence-electron chi connectivity index (χ2n) is 5.84. The molecule has 0 N–H and O–H groups in total. The molecule has 1 aliphatic heterocycles. The average molecular weight is 292 g/mol. The smallest absolute Gasteiger partial charge is 0.251 e. The molecule has 1 heterocycles. The normalized spacial score (nSPS) is 18.0. The van der Waals surface area contributed by atoms with Gasteiger partial charge in [-0.05, 0) is 26.8 Å². The Morgan fingerprint density at radius 3 is 2.32 bits per heavy atom. The molecule has 0 aliphatic carbocycles. The van der Waals surface area contributed by atoms with Gasteiger partial charge in [-0.25, -0.2) is 0 Å². The van der Waals surface area contributed by atoms with Crippen LogP contribution < -0.4 is 4.90 Å². The Bertz CT molecular complexity index is 719. The number of benzene rings is 2. The summed E-state index contributed by atoms with van der Waals surface area (Å²) in [5.74, 6) is 0.0494. The molecule has 0 spiro atoms. The molecular formula is C19H20N2O. The van der Waals surface area contributed by atoms with Gasteiger partial charge < -0.3 is 4.90 Å². The van der Waals surface area contributed by atoms with E-state index in [1.165, 1.54) is 0 Å². The number of carbonyl (C=O) groups excluding carboxylic acids is 1. The van der Waals surface area contributed by atoms with Crippen LogP contribution in [0.25, 0.3) is 0 Å². The summed E-state index contributed by atoms with van der Waals surface area (Å²) in [5, 5.41) is 0. The maximum Gasteiger partial charge on any atom is 0.251 e. The Kier molecular flexibility index (Phi) is 3.80. The van der Waals surface area contributed by atoms with E-state index in [4.69, 9.17) is 4.99 Å². The molecule has 112 valence electrons. The van der Waals surface area contributed by atoms with Crippen molar-refractivity contribution in [3.8, 4) is 0 Å². The first-order valence-corrected chi connectivity index (χ1v) is 7.65. The standard InChI is InChI=1S/C19H20N2O/c1-13(2)21-17-12-8-7-11-16(17)18(20-14(3)19(21)22)15-9-5-4-6-10-15/h4-14H,1-3H3/t14-/m0/s1. The van der Waals surface area contributed by atoms with Crippen molar-refractivity contribution in [2.45, 2.75) is 32.9 Å². The molecule has 22 heavy (non-hydrogen) atoms. The van der Waals surface area contributed by atoms with Crippen LogP contribution in [0.1, 0.15) is 31.9 Å². The lowest BCUT2D eigenvalue weighted by Gasteiger charge is -2.28. The van der Waals surface area contributed by atoms with Gasteiger partial charge in [-0.2, -0.15) is 0 Å². The van der Waals surface area contributed by atoms with Gasteiger partial charge in [0.05, 0.1) is 11.4 Å². The van der Waals surface area contributed by atoms with Gasteiger partial charge in [0.1, 0.15) is 6.04 Å². The van der Waals surface area contributed by atoms with Gasteiger partial charge >= 0.3 is 0 Å². The van der Waals surface area contributed by atoms with Crippen LogP contribution in [0, 0.1) is 0 Å². The predicted molar refractivity (Wildman–Crippen MR) is 90.6 cm³/mol. The lowest BCUT2D eigenvalue weighted by Crippen LogP contribution is -2.41. The highest BCUT2D eigenvalue weighted by atomic mass is 16.2. The minimum absolute atomic E-state index is 0.0494. The summed E-state index contributed by atoms with van der Waals surface area (Å²) >= 11 is 0. The van der Waals surface area contributed by atoms with Gasteiger partial charge in [0, 0.05) is 17.2 Å². The summed E-state index contributed by atoms with van der Waals surface area (Å²) in [5.41, 5.74) is 3.88. The Balaban J connectivity index is 2.24. The molecule has 0 bridgehead atoms. The molecular weight excluding hydrogens is 272 g/mol. The highest BCUT2D eigenvalue weighted by Gasteiger charge is 2.30. The number of hydrogen-bond donors (Lipinski definition) is 0. The highest BCUT2D eigenvalue weighted by molar-refractivity contribution is 6.20. The van der Waals surface area contributed by atoms with Gasteiger partial charge in [0.2, 0.25) is 0 Å². The summed E-state index contributed by atoms with van der Waals surface area (Å²) in [6.45, 7) is 5.94. The molecule has 3 nitrogen and oxygen atoms in total. The Morgan fingerprint density at radius 2 is 1.64 bits per heavy atom. The summed E-state index contributed by atoms with van der Waals surface area (Å²) in [6, 6.07) is 17.8. The van der Waals surface area contributed by atoms with Crippen molar-refractivity contribution in [2.24, 2.45) is 4.99 Å². The predicted octanol–water partition coefficient (Wildman–Crippen LogP) is 3.67. The van der Waals surface area contributed by atoms with E-state index in [1.54, 1.807) is 0 Å². The SMILES string of the molecule is CC(C)N1C(=O)[C@H](C)N=C(c2ccccc2)c2ccccc21. The van der Waals surface area contributed by atoms with Crippen LogP contribution in [0.4, 0.5) is 5.69 Å². The number of carbonyl (C=O) groups is 1. The Labute approximate surface area is 131 Å². The second kappa shape index (κ2) is 5.76. The molecule has 0 unspecified atom stereocenters. The largest absolute Gasteiger partial charge is 0.307 e. The van der Waals surface area contributed by atoms with Crippen molar-refractivity contribution in [1.82, 2.24) is 0 Å². The molecule has 0 saturated carbocycles. The Hall–Kier alpha value is -2.42. The first-order valence-electron chi connectivity index (χ1n) is 7.65. The van der Waals surface area contributed by atoms with Crippen LogP contribution in [-0.2, 0) is 4.79 Å². The van der Waals surface area contributed by atoms with E-state index in [2.05, 4.69) is 0 Å². The molecule has 0 saturated heterocycles. The Morgan fingerprint density at radius 1 is 1.00 bits per heavy atom. The number of nitrogens with zero attached hydrogens (tertiary/aromatic N) is 2. The summed E-state index contributed by atoms with van der Waals surface area (Å²) in [6.07, 6.45) is 0. The second-order valence-corrected chi connectivity index (χ2v) is 5.84. The first kappa shape index (κ1) is 14.5. The minimum Gasteiger partial charge on any atom is -0.307 e. The number of fused-ring (bicyclic) bond motifs is 1. The van der Waals surface area contributed by atoms with Gasteiger partial charge in [0.25, 0.3) is 5.91 Å². The molecule has 1 amide bonds. The number of para-hydroxylation sites is 1. The van der Waals surface area contributed by atoms with Gasteiger partial charge in [-0.1, -0.05) is 48.5 Å². The van der Waals surface area contributed by atoms with E-state index in [0.717, 1.165) is 22.5 Å². The van der Waals surface area contributed by atoms with Gasteiger partial charge in [-0.15, -0.1) is 0 Å². The topological polar surface area (TPSA) is 32.7 Å². The van der Waals surface area contributed by atoms with E-state index in [-0.39, 0.29) is 18.0 Å². The van der Waals surface area contributed by atoms with Crippen LogP contribution in [0.3, 0.4) is 0 Å². The zero-order valence-corrected chi connectivity index (χ0v) is 13.2. The third kappa shape index (κ3) is 2.43. The van der Waals surface area contributed by atoms with Crippen molar-refractivity contribution in [3.05, 3.63) is 65.7 Å². The minimum atomic E-state index is -0.384. The van der Waals surface area contributed by atoms with Crippen LogP contribution >= 0.6 is 0 Å². The van der Waals surface area contributed by atoms with Crippen LogP contribution in [0.2, 0.25) is 0 Å². The van der Waals surface area contributed by atoms with Gasteiger partial charge in [-0.3, -0.25) is 9.79 Å². The third-order valence-electron chi connectivity index (χ3n) is 3.90. The molecule has 1 atom stereocenters. The molecule has 0 radical (unpaired) electrons. The van der Waals surface area contributed by atoms with Crippen molar-refractivity contribution < 1.29 is 4.79 Å². The highest BCUT2D eigenvalue weighted by Crippen LogP contribution is 2.29. The summed E-state index contributed by atoms with van der Waals surface area (Å²) in [7, 11) is 0. The fraction of sp³-hybridized carbons (Fsp3) is 0.263. The van der Waals surface area contributed by atoms with Crippen LogP contribution in [0.5, 0.6) is 0 Å². The van der Waals surface area contributed by atoms with Gasteiger partial charge in [0.15, 0.2) is 0 Å². The monoisotopic (exact) mass is 292 g/mol.